The van der Waals surface area contributed by atoms with E-state index >= 15 is 0 Å². The second-order valence-electron chi connectivity index (χ2n) is 3.32. The van der Waals surface area contributed by atoms with Crippen LogP contribution in [0.5, 0.6) is 0 Å². The van der Waals surface area contributed by atoms with Crippen molar-refractivity contribution in [3.8, 4) is 6.07 Å². The smallest absolute Gasteiger partial charge is 0.239 e. The number of hydrogen-bond donors (Lipinski definition) is 1. The fourth-order valence-electron chi connectivity index (χ4n) is 1.02. The third-order valence-electron chi connectivity index (χ3n) is 2.15. The summed E-state index contributed by atoms with van der Waals surface area (Å²) in [7, 11) is -1.18. The highest BCUT2D eigenvalue weighted by atomic mass is 32.2. The molecular weight excluding hydrogens is 224 g/mol. The lowest BCUT2D eigenvalue weighted by molar-refractivity contribution is -0.115. The summed E-state index contributed by atoms with van der Waals surface area (Å²) >= 11 is 0. The van der Waals surface area contributed by atoms with E-state index in [4.69, 9.17) is 5.26 Å². The van der Waals surface area contributed by atoms with Crippen LogP contribution in [0.25, 0.3) is 0 Å². The highest BCUT2D eigenvalue weighted by molar-refractivity contribution is 7.85. The van der Waals surface area contributed by atoms with Gasteiger partial charge in [0, 0.05) is 22.7 Å². The summed E-state index contributed by atoms with van der Waals surface area (Å²) in [5, 5.41) is 10.7. The van der Waals surface area contributed by atoms with Crippen LogP contribution in [0.15, 0.2) is 24.3 Å². The van der Waals surface area contributed by atoms with Crippen molar-refractivity contribution in [3.63, 3.8) is 0 Å². The Hall–Kier alpha value is -1.67. The SMILES string of the molecule is CC(C(=O)Nc1ccc(C#N)cc1)S(C)=O. The standard InChI is InChI=1S/C11H12N2O2S/c1-8(16(2)15)11(14)13-10-5-3-9(7-12)4-6-10/h3-6,8H,1-2H3,(H,13,14). The van der Waals surface area contributed by atoms with Crippen LogP contribution in [0.3, 0.4) is 0 Å². The average molecular weight is 236 g/mol. The van der Waals surface area contributed by atoms with Crippen molar-refractivity contribution in [3.05, 3.63) is 29.8 Å². The number of anilines is 1. The van der Waals surface area contributed by atoms with Crippen LogP contribution >= 0.6 is 0 Å². The number of amides is 1. The first-order valence-corrected chi connectivity index (χ1v) is 6.30. The number of hydrogen-bond acceptors (Lipinski definition) is 3. The minimum absolute atomic E-state index is 0.287. The summed E-state index contributed by atoms with van der Waals surface area (Å²) in [5.41, 5.74) is 1.13. The van der Waals surface area contributed by atoms with Crippen LogP contribution in [0, 0.1) is 11.3 Å². The molecule has 0 aliphatic heterocycles. The van der Waals surface area contributed by atoms with Gasteiger partial charge < -0.3 is 5.32 Å². The van der Waals surface area contributed by atoms with Crippen LogP contribution in [-0.2, 0) is 15.6 Å². The van der Waals surface area contributed by atoms with Crippen molar-refractivity contribution in [1.82, 2.24) is 0 Å². The van der Waals surface area contributed by atoms with Crippen molar-refractivity contribution < 1.29 is 9.00 Å². The Morgan fingerprint density at radius 3 is 2.44 bits per heavy atom. The van der Waals surface area contributed by atoms with Gasteiger partial charge in [-0.1, -0.05) is 0 Å². The lowest BCUT2D eigenvalue weighted by Gasteiger charge is -2.09. The molecular formula is C11H12N2O2S. The Balaban J connectivity index is 2.71. The highest BCUT2D eigenvalue weighted by Gasteiger charge is 2.16. The van der Waals surface area contributed by atoms with Crippen LogP contribution in [0.2, 0.25) is 0 Å². The van der Waals surface area contributed by atoms with Gasteiger partial charge in [-0.25, -0.2) is 0 Å². The molecule has 84 valence electrons. The molecule has 1 aromatic rings. The zero-order chi connectivity index (χ0) is 12.1. The Morgan fingerprint density at radius 1 is 1.44 bits per heavy atom. The maximum Gasteiger partial charge on any atom is 0.239 e. The van der Waals surface area contributed by atoms with Gasteiger partial charge in [-0.15, -0.1) is 0 Å². The maximum absolute atomic E-state index is 11.5. The summed E-state index contributed by atoms with van der Waals surface area (Å²) in [6.45, 7) is 1.61. The van der Waals surface area contributed by atoms with E-state index in [0.717, 1.165) is 0 Å². The molecule has 0 radical (unpaired) electrons. The third-order valence-corrected chi connectivity index (χ3v) is 3.36. The lowest BCUT2D eigenvalue weighted by Crippen LogP contribution is -2.28. The molecule has 5 heteroatoms. The maximum atomic E-state index is 11.5. The molecule has 0 aromatic heterocycles. The number of carbonyl (C=O) groups is 1. The summed E-state index contributed by atoms with van der Waals surface area (Å²) in [6.07, 6.45) is 1.49. The lowest BCUT2D eigenvalue weighted by atomic mass is 10.2. The Labute approximate surface area is 96.7 Å². The summed E-state index contributed by atoms with van der Waals surface area (Å²) < 4.78 is 11.1. The monoisotopic (exact) mass is 236 g/mol. The van der Waals surface area contributed by atoms with E-state index in [1.54, 1.807) is 31.2 Å². The molecule has 1 aromatic carbocycles. The molecule has 0 bridgehead atoms. The molecule has 16 heavy (non-hydrogen) atoms. The zero-order valence-electron chi connectivity index (χ0n) is 9.06. The molecule has 1 amide bonds. The highest BCUT2D eigenvalue weighted by Crippen LogP contribution is 2.09. The predicted octanol–water partition coefficient (Wildman–Crippen LogP) is 1.26. The number of rotatable bonds is 3. The van der Waals surface area contributed by atoms with Crippen molar-refractivity contribution in [2.45, 2.75) is 12.2 Å². The summed E-state index contributed by atoms with van der Waals surface area (Å²) in [4.78, 5) is 11.5. The minimum Gasteiger partial charge on any atom is -0.325 e. The molecule has 2 atom stereocenters. The number of benzene rings is 1. The van der Waals surface area contributed by atoms with Gasteiger partial charge in [-0.2, -0.15) is 5.26 Å². The molecule has 2 unspecified atom stereocenters. The second kappa shape index (κ2) is 5.42. The Morgan fingerprint density at radius 2 is 2.00 bits per heavy atom. The van der Waals surface area contributed by atoms with Gasteiger partial charge in [-0.05, 0) is 31.2 Å². The first-order chi connectivity index (χ1) is 7.54. The van der Waals surface area contributed by atoms with E-state index in [2.05, 4.69) is 5.32 Å². The normalized spacial score (nSPS) is 13.6. The first-order valence-electron chi connectivity index (χ1n) is 4.68. The molecule has 0 spiro atoms. The largest absolute Gasteiger partial charge is 0.325 e. The first kappa shape index (κ1) is 12.4. The second-order valence-corrected chi connectivity index (χ2v) is 5.02. The summed E-state index contributed by atoms with van der Waals surface area (Å²) in [6, 6.07) is 8.50. The predicted molar refractivity (Wildman–Crippen MR) is 63.3 cm³/mol. The van der Waals surface area contributed by atoms with Crippen molar-refractivity contribution >= 4 is 22.4 Å². The molecule has 1 N–H and O–H groups in total. The van der Waals surface area contributed by atoms with E-state index in [1.807, 2.05) is 6.07 Å². The van der Waals surface area contributed by atoms with Gasteiger partial charge in [0.25, 0.3) is 0 Å². The van der Waals surface area contributed by atoms with Crippen molar-refractivity contribution in [2.24, 2.45) is 0 Å². The van der Waals surface area contributed by atoms with Crippen LogP contribution in [0.1, 0.15) is 12.5 Å². The number of nitrogens with zero attached hydrogens (tertiary/aromatic N) is 1. The molecule has 4 nitrogen and oxygen atoms in total. The molecule has 1 rings (SSSR count). The van der Waals surface area contributed by atoms with E-state index in [1.165, 1.54) is 6.26 Å². The Bertz CT molecular complexity index is 448. The van der Waals surface area contributed by atoms with Gasteiger partial charge >= 0.3 is 0 Å². The van der Waals surface area contributed by atoms with Gasteiger partial charge in [0.1, 0.15) is 5.25 Å². The number of nitriles is 1. The molecule has 0 aliphatic carbocycles. The van der Waals surface area contributed by atoms with E-state index in [-0.39, 0.29) is 5.91 Å². The van der Waals surface area contributed by atoms with Crippen molar-refractivity contribution in [2.75, 3.05) is 11.6 Å². The molecule has 0 aliphatic rings. The van der Waals surface area contributed by atoms with Gasteiger partial charge in [-0.3, -0.25) is 9.00 Å². The topological polar surface area (TPSA) is 70.0 Å². The van der Waals surface area contributed by atoms with Gasteiger partial charge in [0.2, 0.25) is 5.91 Å². The quantitative estimate of drug-likeness (QED) is 0.859. The van der Waals surface area contributed by atoms with Crippen LogP contribution < -0.4 is 5.32 Å². The van der Waals surface area contributed by atoms with Crippen LogP contribution in [0.4, 0.5) is 5.69 Å². The van der Waals surface area contributed by atoms with E-state index in [9.17, 15) is 9.00 Å². The molecule has 0 saturated carbocycles. The number of nitrogens with one attached hydrogen (secondary N) is 1. The van der Waals surface area contributed by atoms with E-state index in [0.29, 0.717) is 11.3 Å². The molecule has 0 fully saturated rings. The Kier molecular flexibility index (Phi) is 4.20. The third kappa shape index (κ3) is 3.17. The zero-order valence-corrected chi connectivity index (χ0v) is 9.88. The average Bonchev–Trinajstić information content (AvgIpc) is 2.28. The fraction of sp³-hybridized carbons (Fsp3) is 0.273. The fourth-order valence-corrected chi connectivity index (χ4v) is 1.38. The van der Waals surface area contributed by atoms with Gasteiger partial charge in [0.05, 0.1) is 11.6 Å². The molecule has 0 heterocycles. The van der Waals surface area contributed by atoms with Gasteiger partial charge in [0.15, 0.2) is 0 Å². The summed E-state index contributed by atoms with van der Waals surface area (Å²) in [5.74, 6) is -0.287. The minimum atomic E-state index is -1.18. The van der Waals surface area contributed by atoms with Crippen LogP contribution in [-0.4, -0.2) is 21.6 Å². The number of carbonyl (C=O) groups excluding carboxylic acids is 1. The van der Waals surface area contributed by atoms with Crippen molar-refractivity contribution in [1.29, 1.82) is 5.26 Å². The van der Waals surface area contributed by atoms with E-state index < -0.39 is 16.0 Å². The molecule has 0 saturated heterocycles.